The van der Waals surface area contributed by atoms with E-state index >= 15 is 0 Å². The highest BCUT2D eigenvalue weighted by Gasteiger charge is 1.88. The van der Waals surface area contributed by atoms with Gasteiger partial charge < -0.3 is 29.0 Å². The molecule has 1 aromatic rings. The maximum atomic E-state index is 9.40. The first-order valence-electron chi connectivity index (χ1n) is 7.79. The second-order valence-corrected chi connectivity index (χ2v) is 4.49. The Morgan fingerprint density at radius 3 is 1.84 bits per heavy atom. The number of carbonyl (C=O) groups is 4. The van der Waals surface area contributed by atoms with Crippen molar-refractivity contribution in [3.05, 3.63) is 24.2 Å². The predicted molar refractivity (Wildman–Crippen MR) is 94.6 cm³/mol. The molecule has 0 bridgehead atoms. The summed E-state index contributed by atoms with van der Waals surface area (Å²) in [5.74, 6) is 0.979. The van der Waals surface area contributed by atoms with Gasteiger partial charge in [-0.25, -0.2) is 0 Å². The second kappa shape index (κ2) is 26.6. The lowest BCUT2D eigenvalue weighted by atomic mass is 10.4. The summed E-state index contributed by atoms with van der Waals surface area (Å²) in [6, 6.07) is 3.82. The summed E-state index contributed by atoms with van der Waals surface area (Å²) < 4.78 is 5.01. The fourth-order valence-corrected chi connectivity index (χ4v) is 0.927. The van der Waals surface area contributed by atoms with Crippen molar-refractivity contribution in [2.24, 2.45) is 0 Å². The fourth-order valence-electron chi connectivity index (χ4n) is 0.927. The molecule has 8 heteroatoms. The van der Waals surface area contributed by atoms with Gasteiger partial charge in [-0.1, -0.05) is 6.92 Å². The third kappa shape index (κ3) is 34.2. The van der Waals surface area contributed by atoms with Crippen LogP contribution in [0.15, 0.2) is 22.8 Å². The first-order chi connectivity index (χ1) is 12.0. The molecular formula is C17H30N2O6. The topological polar surface area (TPSA) is 106 Å². The maximum Gasteiger partial charge on any atom is 0.312 e. The van der Waals surface area contributed by atoms with Crippen molar-refractivity contribution in [2.75, 3.05) is 21.1 Å². The van der Waals surface area contributed by atoms with Crippen molar-refractivity contribution in [1.29, 1.82) is 0 Å². The number of unbranched alkanes of at least 4 members (excludes halogenated alkanes) is 2. The molecule has 0 aromatic carbocycles. The van der Waals surface area contributed by atoms with Crippen LogP contribution in [-0.2, 0) is 30.6 Å². The van der Waals surface area contributed by atoms with E-state index < -0.39 is 0 Å². The lowest BCUT2D eigenvalue weighted by Crippen LogP contribution is -2.10. The van der Waals surface area contributed by atoms with Crippen LogP contribution in [0.3, 0.4) is 0 Å². The van der Waals surface area contributed by atoms with Gasteiger partial charge in [-0.05, 0) is 25.6 Å². The predicted octanol–water partition coefficient (Wildman–Crippen LogP) is 1.78. The van der Waals surface area contributed by atoms with Crippen molar-refractivity contribution in [2.45, 2.75) is 39.2 Å². The Balaban J connectivity index is -0.000000263. The van der Waals surface area contributed by atoms with Crippen molar-refractivity contribution < 1.29 is 28.4 Å². The van der Waals surface area contributed by atoms with Crippen molar-refractivity contribution >= 4 is 25.3 Å². The van der Waals surface area contributed by atoms with Gasteiger partial charge in [0.05, 0.1) is 12.8 Å². The molecule has 0 spiro atoms. The van der Waals surface area contributed by atoms with Crippen LogP contribution in [0.5, 0.6) is 0 Å². The Morgan fingerprint density at radius 2 is 1.64 bits per heavy atom. The average Bonchev–Trinajstić information content (AvgIpc) is 3.09. The summed E-state index contributed by atoms with van der Waals surface area (Å²) in [7, 11) is 5.16. The molecular weight excluding hydrogens is 328 g/mol. The molecule has 0 fully saturated rings. The van der Waals surface area contributed by atoms with Crippen molar-refractivity contribution in [1.82, 2.24) is 10.4 Å². The Hall–Kier alpha value is -2.32. The Kier molecular flexibility index (Phi) is 29.3. The fraction of sp³-hybridized carbons (Fsp3) is 0.529. The molecule has 1 aromatic heterocycles. The molecule has 0 aliphatic heterocycles. The molecule has 0 atom stereocenters. The van der Waals surface area contributed by atoms with Crippen LogP contribution < -0.4 is 5.32 Å². The summed E-state index contributed by atoms with van der Waals surface area (Å²) in [5.41, 5.74) is 0. The summed E-state index contributed by atoms with van der Waals surface area (Å²) >= 11 is 0. The third-order valence-electron chi connectivity index (χ3n) is 1.99. The molecule has 0 aliphatic carbocycles. The number of aldehydes is 3. The number of nitrogens with one attached hydrogen (secondary N) is 1. The molecule has 8 nitrogen and oxygen atoms in total. The van der Waals surface area contributed by atoms with Crippen LogP contribution in [0.4, 0.5) is 0 Å². The SMILES string of the molecule is CCCC=O.CN(C)OC=O.CNCc1ccco1.O=CCCC=O. The van der Waals surface area contributed by atoms with Crippen LogP contribution >= 0.6 is 0 Å². The lowest BCUT2D eigenvalue weighted by molar-refractivity contribution is -0.160. The first-order valence-corrected chi connectivity index (χ1v) is 7.79. The average molecular weight is 358 g/mol. The maximum absolute atomic E-state index is 9.40. The van der Waals surface area contributed by atoms with E-state index in [1.165, 1.54) is 5.06 Å². The van der Waals surface area contributed by atoms with E-state index in [1.807, 2.05) is 26.1 Å². The van der Waals surface area contributed by atoms with Gasteiger partial charge in [0.15, 0.2) is 0 Å². The highest BCUT2D eigenvalue weighted by molar-refractivity contribution is 5.58. The zero-order chi connectivity index (χ0) is 19.8. The highest BCUT2D eigenvalue weighted by atomic mass is 16.7. The number of rotatable bonds is 9. The van der Waals surface area contributed by atoms with Crippen LogP contribution in [0.1, 0.15) is 38.4 Å². The molecule has 0 amide bonds. The molecule has 25 heavy (non-hydrogen) atoms. The van der Waals surface area contributed by atoms with E-state index in [0.717, 1.165) is 37.6 Å². The lowest BCUT2D eigenvalue weighted by Gasteiger charge is -2.01. The molecule has 144 valence electrons. The molecule has 0 saturated carbocycles. The van der Waals surface area contributed by atoms with Crippen LogP contribution in [0.2, 0.25) is 0 Å². The van der Waals surface area contributed by atoms with Gasteiger partial charge >= 0.3 is 6.47 Å². The number of hydrogen-bond acceptors (Lipinski definition) is 8. The number of nitrogens with zero attached hydrogens (tertiary/aromatic N) is 1. The molecule has 1 heterocycles. The quantitative estimate of drug-likeness (QED) is 0.404. The van der Waals surface area contributed by atoms with Gasteiger partial charge in [-0.3, -0.25) is 4.79 Å². The van der Waals surface area contributed by atoms with Crippen molar-refractivity contribution in [3.8, 4) is 0 Å². The molecule has 1 N–H and O–H groups in total. The van der Waals surface area contributed by atoms with Gasteiger partial charge in [-0.15, -0.1) is 5.06 Å². The van der Waals surface area contributed by atoms with Crippen LogP contribution in [0, 0.1) is 0 Å². The van der Waals surface area contributed by atoms with E-state index in [0.29, 0.717) is 25.7 Å². The molecule has 0 unspecified atom stereocenters. The molecule has 0 aliphatic rings. The smallest absolute Gasteiger partial charge is 0.312 e. The Bertz CT molecular complexity index is 386. The standard InChI is InChI=1S/C6H9NO.C4H6O2.C4H8O.C3H7NO2/c1-7-5-6-3-2-4-8-6;5-3-1-2-4-6;1-2-3-4-5;1-4(2)6-3-5/h2-4,7H,5H2,1H3;3-4H,1-2H2;4H,2-3H2,1H3;3H,1-2H3. The minimum absolute atomic E-state index is 0.365. The van der Waals surface area contributed by atoms with Crippen LogP contribution in [0.25, 0.3) is 0 Å². The molecule has 0 saturated heterocycles. The molecule has 0 radical (unpaired) electrons. The van der Waals surface area contributed by atoms with E-state index in [4.69, 9.17) is 4.42 Å². The van der Waals surface area contributed by atoms with Gasteiger partial charge in [0.2, 0.25) is 0 Å². The monoisotopic (exact) mass is 358 g/mol. The van der Waals surface area contributed by atoms with E-state index in [9.17, 15) is 19.2 Å². The Labute approximate surface area is 149 Å². The normalized spacial score (nSPS) is 8.36. The Morgan fingerprint density at radius 1 is 1.08 bits per heavy atom. The van der Waals surface area contributed by atoms with Crippen LogP contribution in [-0.4, -0.2) is 51.5 Å². The zero-order valence-corrected chi connectivity index (χ0v) is 15.5. The highest BCUT2D eigenvalue weighted by Crippen LogP contribution is 1.96. The van der Waals surface area contributed by atoms with E-state index in [1.54, 1.807) is 20.4 Å². The van der Waals surface area contributed by atoms with Gasteiger partial charge in [0.1, 0.15) is 24.6 Å². The molecule has 1 rings (SSSR count). The van der Waals surface area contributed by atoms with E-state index in [-0.39, 0.29) is 0 Å². The largest absolute Gasteiger partial charge is 0.468 e. The van der Waals surface area contributed by atoms with Gasteiger partial charge in [0, 0.05) is 33.4 Å². The summed E-state index contributed by atoms with van der Waals surface area (Å²) in [4.78, 5) is 41.8. The van der Waals surface area contributed by atoms with Gasteiger partial charge in [0.25, 0.3) is 0 Å². The minimum Gasteiger partial charge on any atom is -0.468 e. The minimum atomic E-state index is 0.365. The summed E-state index contributed by atoms with van der Waals surface area (Å²) in [5, 5.41) is 4.29. The number of hydrogen-bond donors (Lipinski definition) is 1. The number of carbonyl (C=O) groups excluding carboxylic acids is 4. The zero-order valence-electron chi connectivity index (χ0n) is 15.5. The number of furan rings is 1. The van der Waals surface area contributed by atoms with Crippen molar-refractivity contribution in [3.63, 3.8) is 0 Å². The first kappa shape index (κ1) is 27.5. The second-order valence-electron chi connectivity index (χ2n) is 4.49. The van der Waals surface area contributed by atoms with Gasteiger partial charge in [-0.2, -0.15) is 0 Å². The van der Waals surface area contributed by atoms with E-state index in [2.05, 4.69) is 10.2 Å². The summed E-state index contributed by atoms with van der Waals surface area (Å²) in [6.45, 7) is 3.17. The summed E-state index contributed by atoms with van der Waals surface area (Å²) in [6.07, 6.45) is 6.48. The third-order valence-corrected chi connectivity index (χ3v) is 1.99. The number of hydroxylamine groups is 2.